The van der Waals surface area contributed by atoms with Crippen LogP contribution >= 0.6 is 0 Å². The molecule has 0 spiro atoms. The number of nitrogens with zero attached hydrogens (tertiary/aromatic N) is 3. The predicted octanol–water partition coefficient (Wildman–Crippen LogP) is 1.76. The van der Waals surface area contributed by atoms with Crippen molar-refractivity contribution in [2.75, 3.05) is 12.4 Å². The third-order valence-electron chi connectivity index (χ3n) is 3.04. The van der Waals surface area contributed by atoms with Gasteiger partial charge >= 0.3 is 0 Å². The third kappa shape index (κ3) is 2.53. The molecule has 1 amide bonds. The molecule has 0 radical (unpaired) electrons. The molecule has 21 heavy (non-hydrogen) atoms. The molecule has 2 aromatic heterocycles. The van der Waals surface area contributed by atoms with Crippen LogP contribution in [-0.4, -0.2) is 32.9 Å². The largest absolute Gasteiger partial charge is 0.355 e. The smallest absolute Gasteiger partial charge is 0.251 e. The van der Waals surface area contributed by atoms with Gasteiger partial charge in [-0.15, -0.1) is 0 Å². The number of aromatic nitrogens is 4. The van der Waals surface area contributed by atoms with E-state index in [1.165, 1.54) is 6.33 Å². The van der Waals surface area contributed by atoms with Gasteiger partial charge in [0.25, 0.3) is 5.91 Å². The number of fused-ring (bicyclic) bond motifs is 1. The van der Waals surface area contributed by atoms with Gasteiger partial charge in [-0.3, -0.25) is 4.79 Å². The highest BCUT2D eigenvalue weighted by molar-refractivity contribution is 5.94. The van der Waals surface area contributed by atoms with E-state index in [1.54, 1.807) is 19.2 Å². The lowest BCUT2D eigenvalue weighted by Gasteiger charge is -2.06. The fourth-order valence-corrected chi connectivity index (χ4v) is 2.02. The zero-order valence-corrected chi connectivity index (χ0v) is 11.6. The van der Waals surface area contributed by atoms with Crippen molar-refractivity contribution in [3.63, 3.8) is 0 Å². The summed E-state index contributed by atoms with van der Waals surface area (Å²) >= 11 is 0. The zero-order chi connectivity index (χ0) is 14.8. The second kappa shape index (κ2) is 5.20. The molecule has 0 aliphatic heterocycles. The molecule has 0 atom stereocenters. The van der Waals surface area contributed by atoms with Crippen molar-refractivity contribution in [1.82, 2.24) is 25.3 Å². The molecule has 0 aliphatic carbocycles. The van der Waals surface area contributed by atoms with E-state index in [2.05, 4.69) is 30.6 Å². The first-order valence-corrected chi connectivity index (χ1v) is 6.44. The maximum absolute atomic E-state index is 11.5. The van der Waals surface area contributed by atoms with E-state index in [0.717, 1.165) is 17.0 Å². The first-order valence-electron chi connectivity index (χ1n) is 6.44. The Morgan fingerprint density at radius 3 is 2.67 bits per heavy atom. The highest BCUT2D eigenvalue weighted by Crippen LogP contribution is 2.21. The lowest BCUT2D eigenvalue weighted by atomic mass is 10.2. The zero-order valence-electron chi connectivity index (χ0n) is 11.6. The number of amides is 1. The lowest BCUT2D eigenvalue weighted by Crippen LogP contribution is -2.17. The Bertz CT molecular complexity index is 793. The van der Waals surface area contributed by atoms with Crippen molar-refractivity contribution in [1.29, 1.82) is 0 Å². The van der Waals surface area contributed by atoms with E-state index in [1.807, 2.05) is 19.1 Å². The van der Waals surface area contributed by atoms with Crippen LogP contribution in [0.4, 0.5) is 11.5 Å². The Balaban J connectivity index is 1.90. The van der Waals surface area contributed by atoms with Crippen molar-refractivity contribution in [3.05, 3.63) is 42.0 Å². The second-order valence-corrected chi connectivity index (χ2v) is 4.52. The lowest BCUT2D eigenvalue weighted by molar-refractivity contribution is 0.0963. The van der Waals surface area contributed by atoms with Crippen LogP contribution in [0.3, 0.4) is 0 Å². The van der Waals surface area contributed by atoms with Crippen LogP contribution in [0.5, 0.6) is 0 Å². The summed E-state index contributed by atoms with van der Waals surface area (Å²) in [6, 6.07) is 7.14. The maximum atomic E-state index is 11.5. The first kappa shape index (κ1) is 13.0. The van der Waals surface area contributed by atoms with E-state index < -0.39 is 0 Å². The van der Waals surface area contributed by atoms with Crippen LogP contribution in [0.2, 0.25) is 0 Å². The summed E-state index contributed by atoms with van der Waals surface area (Å²) in [7, 11) is 1.60. The van der Waals surface area contributed by atoms with E-state index in [-0.39, 0.29) is 5.91 Å². The molecule has 7 heteroatoms. The standard InChI is InChI=1S/C14H14N6O/c1-8-18-11-12(19-8)16-7-17-13(11)20-10-5-3-9(4-6-10)14(21)15-2/h3-7H,1-2H3,(H,15,21)(H2,16,17,18,19,20). The van der Waals surface area contributed by atoms with Crippen molar-refractivity contribution >= 4 is 28.6 Å². The van der Waals surface area contributed by atoms with Crippen LogP contribution in [0.25, 0.3) is 11.2 Å². The molecular formula is C14H14N6O. The Kier molecular flexibility index (Phi) is 3.23. The molecule has 1 aromatic carbocycles. The molecule has 0 aliphatic rings. The number of rotatable bonds is 3. The molecule has 0 fully saturated rings. The number of anilines is 2. The third-order valence-corrected chi connectivity index (χ3v) is 3.04. The van der Waals surface area contributed by atoms with Gasteiger partial charge in [0.15, 0.2) is 11.5 Å². The van der Waals surface area contributed by atoms with E-state index in [0.29, 0.717) is 17.0 Å². The van der Waals surface area contributed by atoms with Gasteiger partial charge in [0.05, 0.1) is 0 Å². The van der Waals surface area contributed by atoms with Gasteiger partial charge in [0.1, 0.15) is 17.7 Å². The number of hydrogen-bond acceptors (Lipinski definition) is 5. The average Bonchev–Trinajstić information content (AvgIpc) is 2.88. The van der Waals surface area contributed by atoms with Gasteiger partial charge < -0.3 is 15.6 Å². The van der Waals surface area contributed by atoms with Crippen molar-refractivity contribution < 1.29 is 4.79 Å². The molecule has 3 aromatic rings. The minimum atomic E-state index is -0.116. The number of aryl methyl sites for hydroxylation is 1. The highest BCUT2D eigenvalue weighted by atomic mass is 16.1. The SMILES string of the molecule is CNC(=O)c1ccc(Nc2ncnc3nc(C)[nH]c23)cc1. The minimum absolute atomic E-state index is 0.116. The van der Waals surface area contributed by atoms with E-state index in [9.17, 15) is 4.79 Å². The minimum Gasteiger partial charge on any atom is -0.355 e. The number of nitrogens with one attached hydrogen (secondary N) is 3. The Morgan fingerprint density at radius 1 is 1.19 bits per heavy atom. The molecule has 0 unspecified atom stereocenters. The number of carbonyl (C=O) groups excluding carboxylic acids is 1. The number of carbonyl (C=O) groups is 1. The van der Waals surface area contributed by atoms with Crippen LogP contribution in [0.1, 0.15) is 16.2 Å². The summed E-state index contributed by atoms with van der Waals surface area (Å²) in [5, 5.41) is 5.77. The van der Waals surface area contributed by atoms with E-state index in [4.69, 9.17) is 0 Å². The molecule has 3 rings (SSSR count). The topological polar surface area (TPSA) is 95.6 Å². The summed E-state index contributed by atoms with van der Waals surface area (Å²) in [6.07, 6.45) is 1.46. The summed E-state index contributed by atoms with van der Waals surface area (Å²) in [4.78, 5) is 27.2. The normalized spacial score (nSPS) is 10.6. The van der Waals surface area contributed by atoms with Gasteiger partial charge in [-0.05, 0) is 31.2 Å². The predicted molar refractivity (Wildman–Crippen MR) is 79.5 cm³/mol. The molecule has 0 saturated carbocycles. The molecule has 0 saturated heterocycles. The molecule has 3 N–H and O–H groups in total. The number of benzene rings is 1. The monoisotopic (exact) mass is 282 g/mol. The maximum Gasteiger partial charge on any atom is 0.251 e. The summed E-state index contributed by atoms with van der Waals surface area (Å²) in [6.45, 7) is 1.86. The summed E-state index contributed by atoms with van der Waals surface area (Å²) in [5.74, 6) is 1.31. The van der Waals surface area contributed by atoms with Gasteiger partial charge in [-0.25, -0.2) is 15.0 Å². The van der Waals surface area contributed by atoms with Gasteiger partial charge in [0, 0.05) is 18.3 Å². The fraction of sp³-hybridized carbons (Fsp3) is 0.143. The quantitative estimate of drug-likeness (QED) is 0.680. The van der Waals surface area contributed by atoms with Gasteiger partial charge in [-0.2, -0.15) is 0 Å². The highest BCUT2D eigenvalue weighted by Gasteiger charge is 2.08. The summed E-state index contributed by atoms with van der Waals surface area (Å²) in [5.41, 5.74) is 2.81. The van der Waals surface area contributed by atoms with Gasteiger partial charge in [-0.1, -0.05) is 0 Å². The van der Waals surface area contributed by atoms with E-state index >= 15 is 0 Å². The molecule has 106 valence electrons. The fourth-order valence-electron chi connectivity index (χ4n) is 2.02. The molecular weight excluding hydrogens is 268 g/mol. The average molecular weight is 282 g/mol. The summed E-state index contributed by atoms with van der Waals surface area (Å²) < 4.78 is 0. The van der Waals surface area contributed by atoms with Crippen LogP contribution in [0.15, 0.2) is 30.6 Å². The first-order chi connectivity index (χ1) is 10.2. The van der Waals surface area contributed by atoms with Crippen LogP contribution in [-0.2, 0) is 0 Å². The Hall–Kier alpha value is -2.96. The molecule has 0 bridgehead atoms. The van der Waals surface area contributed by atoms with Crippen molar-refractivity contribution in [2.24, 2.45) is 0 Å². The van der Waals surface area contributed by atoms with Crippen molar-refractivity contribution in [3.8, 4) is 0 Å². The number of H-pyrrole nitrogens is 1. The van der Waals surface area contributed by atoms with Crippen LogP contribution in [0, 0.1) is 6.92 Å². The van der Waals surface area contributed by atoms with Crippen LogP contribution < -0.4 is 10.6 Å². The Labute approximate surface area is 120 Å². The number of aromatic amines is 1. The second-order valence-electron chi connectivity index (χ2n) is 4.52. The molecule has 7 nitrogen and oxygen atoms in total. The number of hydrogen-bond donors (Lipinski definition) is 3. The van der Waals surface area contributed by atoms with Gasteiger partial charge in [0.2, 0.25) is 0 Å². The number of imidazole rings is 1. The molecule has 2 heterocycles. The van der Waals surface area contributed by atoms with Crippen molar-refractivity contribution in [2.45, 2.75) is 6.92 Å². The Morgan fingerprint density at radius 2 is 1.95 bits per heavy atom.